The second-order valence-corrected chi connectivity index (χ2v) is 10.2. The zero-order valence-corrected chi connectivity index (χ0v) is 22.0. The third-order valence-electron chi connectivity index (χ3n) is 6.51. The van der Waals surface area contributed by atoms with Gasteiger partial charge in [0, 0.05) is 57.4 Å². The SMILES string of the molecule is N#Cc1cnn2cc(-c3cnn(C(F)F)c3)cc(-c3ccc(N4CCC(Oc5ccc(I)cc5)C4)nc3)c12. The number of pyridine rings is 2. The first kappa shape index (κ1) is 24.3. The summed E-state index contributed by atoms with van der Waals surface area (Å²) < 4.78 is 35.7. The van der Waals surface area contributed by atoms with Gasteiger partial charge in [0.2, 0.25) is 0 Å². The molecule has 0 N–H and O–H groups in total. The smallest absolute Gasteiger partial charge is 0.333 e. The minimum absolute atomic E-state index is 0.0759. The Morgan fingerprint density at radius 2 is 1.84 bits per heavy atom. The molecular weight excluding hydrogens is 603 g/mol. The molecule has 5 heterocycles. The van der Waals surface area contributed by atoms with Gasteiger partial charge in [-0.15, -0.1) is 0 Å². The Bertz CT molecular complexity index is 1640. The molecule has 8 nitrogen and oxygen atoms in total. The van der Waals surface area contributed by atoms with Gasteiger partial charge < -0.3 is 9.64 Å². The van der Waals surface area contributed by atoms with Crippen LogP contribution in [0.25, 0.3) is 27.8 Å². The molecule has 11 heteroatoms. The molecule has 4 aromatic heterocycles. The fourth-order valence-corrected chi connectivity index (χ4v) is 5.01. The summed E-state index contributed by atoms with van der Waals surface area (Å²) >= 11 is 2.27. The van der Waals surface area contributed by atoms with E-state index in [9.17, 15) is 14.0 Å². The van der Waals surface area contributed by atoms with E-state index in [-0.39, 0.29) is 6.10 Å². The number of halogens is 3. The summed E-state index contributed by atoms with van der Waals surface area (Å²) in [6, 6.07) is 15.9. The van der Waals surface area contributed by atoms with Crippen molar-refractivity contribution in [2.75, 3.05) is 18.0 Å². The van der Waals surface area contributed by atoms with Crippen molar-refractivity contribution in [1.29, 1.82) is 5.26 Å². The van der Waals surface area contributed by atoms with Crippen LogP contribution in [0.2, 0.25) is 0 Å². The Balaban J connectivity index is 1.28. The monoisotopic (exact) mass is 623 g/mol. The zero-order valence-electron chi connectivity index (χ0n) is 19.9. The third-order valence-corrected chi connectivity index (χ3v) is 7.23. The fourth-order valence-electron chi connectivity index (χ4n) is 4.65. The van der Waals surface area contributed by atoms with Gasteiger partial charge in [0.05, 0.1) is 30.0 Å². The molecule has 38 heavy (non-hydrogen) atoms. The van der Waals surface area contributed by atoms with E-state index in [1.165, 1.54) is 18.6 Å². The Morgan fingerprint density at radius 1 is 1.00 bits per heavy atom. The second kappa shape index (κ2) is 10.0. The summed E-state index contributed by atoms with van der Waals surface area (Å²) in [4.78, 5) is 6.89. The van der Waals surface area contributed by atoms with Crippen molar-refractivity contribution in [3.8, 4) is 34.1 Å². The average molecular weight is 623 g/mol. The van der Waals surface area contributed by atoms with E-state index in [0.717, 1.165) is 45.8 Å². The molecule has 190 valence electrons. The van der Waals surface area contributed by atoms with Crippen LogP contribution in [0, 0.1) is 14.9 Å². The molecule has 1 atom stereocenters. The van der Waals surface area contributed by atoms with Crippen molar-refractivity contribution in [2.24, 2.45) is 0 Å². The van der Waals surface area contributed by atoms with Gasteiger partial charge in [0.15, 0.2) is 0 Å². The van der Waals surface area contributed by atoms with Gasteiger partial charge in [0.1, 0.15) is 23.7 Å². The Labute approximate surface area is 230 Å². The lowest BCUT2D eigenvalue weighted by Gasteiger charge is -2.18. The maximum atomic E-state index is 13.1. The molecule has 1 aromatic carbocycles. The number of rotatable bonds is 6. The Morgan fingerprint density at radius 3 is 2.55 bits per heavy atom. The van der Waals surface area contributed by atoms with E-state index in [1.54, 1.807) is 16.9 Å². The topological polar surface area (TPSA) is 84.3 Å². The summed E-state index contributed by atoms with van der Waals surface area (Å²) in [5.41, 5.74) is 3.70. The quantitative estimate of drug-likeness (QED) is 0.223. The van der Waals surface area contributed by atoms with Crippen LogP contribution in [0.5, 0.6) is 5.75 Å². The molecule has 6 rings (SSSR count). The highest BCUT2D eigenvalue weighted by Crippen LogP contribution is 2.33. The van der Waals surface area contributed by atoms with Crippen molar-refractivity contribution in [1.82, 2.24) is 24.4 Å². The summed E-state index contributed by atoms with van der Waals surface area (Å²) in [7, 11) is 0. The van der Waals surface area contributed by atoms with Crippen LogP contribution in [0.3, 0.4) is 0 Å². The lowest BCUT2D eigenvalue weighted by atomic mass is 10.0. The number of ether oxygens (including phenoxy) is 1. The van der Waals surface area contributed by atoms with Crippen LogP contribution < -0.4 is 9.64 Å². The second-order valence-electron chi connectivity index (χ2n) is 8.93. The maximum Gasteiger partial charge on any atom is 0.333 e. The minimum Gasteiger partial charge on any atom is -0.489 e. The maximum absolute atomic E-state index is 13.1. The number of nitrogens with zero attached hydrogens (tertiary/aromatic N) is 7. The summed E-state index contributed by atoms with van der Waals surface area (Å²) in [5, 5.41) is 17.7. The molecule has 0 amide bonds. The number of fused-ring (bicyclic) bond motifs is 1. The van der Waals surface area contributed by atoms with Gasteiger partial charge in [-0.05, 0) is 65.1 Å². The minimum atomic E-state index is -2.73. The highest BCUT2D eigenvalue weighted by atomic mass is 127. The molecule has 1 saturated heterocycles. The van der Waals surface area contributed by atoms with Crippen LogP contribution in [0.15, 0.2) is 73.4 Å². The first-order valence-electron chi connectivity index (χ1n) is 11.9. The van der Waals surface area contributed by atoms with Crippen molar-refractivity contribution in [3.63, 3.8) is 0 Å². The predicted molar refractivity (Wildman–Crippen MR) is 146 cm³/mol. The lowest BCUT2D eigenvalue weighted by Crippen LogP contribution is -2.25. The largest absolute Gasteiger partial charge is 0.489 e. The van der Waals surface area contributed by atoms with Crippen molar-refractivity contribution < 1.29 is 13.5 Å². The molecular formula is C27H20F2IN7O. The van der Waals surface area contributed by atoms with Crippen LogP contribution in [0.1, 0.15) is 18.5 Å². The van der Waals surface area contributed by atoms with E-state index in [2.05, 4.69) is 43.8 Å². The van der Waals surface area contributed by atoms with E-state index in [1.807, 2.05) is 42.5 Å². The fraction of sp³-hybridized carbons (Fsp3) is 0.185. The number of hydrogen-bond acceptors (Lipinski definition) is 6. The number of aromatic nitrogens is 5. The summed E-state index contributed by atoms with van der Waals surface area (Å²) in [6.45, 7) is -1.17. The normalized spacial score (nSPS) is 15.3. The van der Waals surface area contributed by atoms with E-state index in [4.69, 9.17) is 9.72 Å². The van der Waals surface area contributed by atoms with Gasteiger partial charge in [0.25, 0.3) is 0 Å². The van der Waals surface area contributed by atoms with Crippen molar-refractivity contribution >= 4 is 33.9 Å². The molecule has 1 fully saturated rings. The van der Waals surface area contributed by atoms with E-state index >= 15 is 0 Å². The number of anilines is 1. The third kappa shape index (κ3) is 4.67. The molecule has 1 aliphatic heterocycles. The van der Waals surface area contributed by atoms with Gasteiger partial charge in [-0.2, -0.15) is 24.2 Å². The number of hydrogen-bond donors (Lipinski definition) is 0. The van der Waals surface area contributed by atoms with E-state index < -0.39 is 6.55 Å². The van der Waals surface area contributed by atoms with Crippen LogP contribution >= 0.6 is 22.6 Å². The average Bonchev–Trinajstić information content (AvgIpc) is 3.69. The first-order chi connectivity index (χ1) is 18.5. The molecule has 0 bridgehead atoms. The van der Waals surface area contributed by atoms with E-state index in [0.29, 0.717) is 26.9 Å². The van der Waals surface area contributed by atoms with Gasteiger partial charge in [-0.3, -0.25) is 0 Å². The van der Waals surface area contributed by atoms with Crippen molar-refractivity contribution in [3.05, 3.63) is 82.6 Å². The van der Waals surface area contributed by atoms with Crippen LogP contribution in [0.4, 0.5) is 14.6 Å². The Kier molecular flexibility index (Phi) is 6.40. The standard InChI is InChI=1S/C27H20F2IN7O/c28-27(29)37-15-20(13-34-37)18-9-24(26-19(10-31)12-33-36(26)14-18)17-1-6-25(32-11-17)35-8-7-23(16-35)38-22-4-2-21(30)3-5-22/h1-6,9,11-15,23,27H,7-8,16H2. The number of alkyl halides is 2. The molecule has 0 radical (unpaired) electrons. The highest BCUT2D eigenvalue weighted by Gasteiger charge is 2.25. The zero-order chi connectivity index (χ0) is 26.2. The molecule has 5 aromatic rings. The molecule has 1 unspecified atom stereocenters. The van der Waals surface area contributed by atoms with Crippen LogP contribution in [-0.2, 0) is 0 Å². The predicted octanol–water partition coefficient (Wildman–Crippen LogP) is 5.79. The lowest BCUT2D eigenvalue weighted by molar-refractivity contribution is 0.0566. The van der Waals surface area contributed by atoms with Gasteiger partial charge in [-0.25, -0.2) is 14.2 Å². The Hall–Kier alpha value is -4.05. The molecule has 0 saturated carbocycles. The van der Waals surface area contributed by atoms with Gasteiger partial charge >= 0.3 is 6.55 Å². The van der Waals surface area contributed by atoms with Gasteiger partial charge in [-0.1, -0.05) is 0 Å². The summed E-state index contributed by atoms with van der Waals surface area (Å²) in [5.74, 6) is 1.69. The summed E-state index contributed by atoms with van der Waals surface area (Å²) in [6.07, 6.45) is 8.59. The van der Waals surface area contributed by atoms with Crippen LogP contribution in [-0.4, -0.2) is 43.6 Å². The first-order valence-corrected chi connectivity index (χ1v) is 12.9. The number of benzene rings is 1. The van der Waals surface area contributed by atoms with Crippen molar-refractivity contribution in [2.45, 2.75) is 19.1 Å². The highest BCUT2D eigenvalue weighted by molar-refractivity contribution is 14.1. The number of nitriles is 1. The molecule has 1 aliphatic rings. The molecule has 0 spiro atoms. The molecule has 0 aliphatic carbocycles.